The molecule has 0 spiro atoms. The van der Waals surface area contributed by atoms with Gasteiger partial charge < -0.3 is 4.90 Å². The highest BCUT2D eigenvalue weighted by Gasteiger charge is 2.19. The van der Waals surface area contributed by atoms with Crippen LogP contribution in [0.5, 0.6) is 0 Å². The number of hydrogen-bond acceptors (Lipinski definition) is 2. The van der Waals surface area contributed by atoms with Crippen LogP contribution in [0.25, 0.3) is 5.57 Å². The van der Waals surface area contributed by atoms with Gasteiger partial charge in [0, 0.05) is 14.1 Å². The van der Waals surface area contributed by atoms with Crippen LogP contribution >= 0.6 is 0 Å². The number of carbonyl (C=O) groups is 2. The maximum absolute atomic E-state index is 12.0. The Hall–Kier alpha value is -1.90. The molecule has 0 heterocycles. The van der Waals surface area contributed by atoms with E-state index in [1.807, 2.05) is 38.1 Å². The molecule has 1 amide bonds. The second kappa shape index (κ2) is 5.63. The van der Waals surface area contributed by atoms with Crippen LogP contribution in [0.2, 0.25) is 0 Å². The summed E-state index contributed by atoms with van der Waals surface area (Å²) < 4.78 is 0. The zero-order valence-corrected chi connectivity index (χ0v) is 11.6. The molecule has 0 bridgehead atoms. The van der Waals surface area contributed by atoms with Crippen molar-refractivity contribution in [2.45, 2.75) is 20.8 Å². The van der Waals surface area contributed by atoms with E-state index in [9.17, 15) is 9.59 Å². The van der Waals surface area contributed by atoms with Gasteiger partial charge in [0.05, 0.1) is 5.57 Å². The van der Waals surface area contributed by atoms with Crippen molar-refractivity contribution in [3.8, 4) is 0 Å². The maximum atomic E-state index is 12.0. The van der Waals surface area contributed by atoms with Crippen LogP contribution in [-0.2, 0) is 9.59 Å². The third kappa shape index (κ3) is 3.06. The van der Waals surface area contributed by atoms with E-state index in [2.05, 4.69) is 0 Å². The van der Waals surface area contributed by atoms with Gasteiger partial charge in [0.25, 0.3) is 5.91 Å². The molecule has 3 heteroatoms. The van der Waals surface area contributed by atoms with E-state index in [1.165, 1.54) is 11.8 Å². The van der Waals surface area contributed by atoms with Crippen molar-refractivity contribution >= 4 is 17.3 Å². The van der Waals surface area contributed by atoms with E-state index in [0.29, 0.717) is 0 Å². The fourth-order valence-electron chi connectivity index (χ4n) is 1.75. The molecule has 0 atom stereocenters. The number of nitrogens with zero attached hydrogens (tertiary/aromatic N) is 1. The lowest BCUT2D eigenvalue weighted by molar-refractivity contribution is -0.127. The summed E-state index contributed by atoms with van der Waals surface area (Å²) in [4.78, 5) is 25.1. The van der Waals surface area contributed by atoms with Crippen LogP contribution in [0.3, 0.4) is 0 Å². The Balaban J connectivity index is 3.32. The summed E-state index contributed by atoms with van der Waals surface area (Å²) in [5.74, 6) is -0.452. The molecule has 0 saturated heterocycles. The van der Waals surface area contributed by atoms with Gasteiger partial charge in [0.1, 0.15) is 0 Å². The van der Waals surface area contributed by atoms with Crippen molar-refractivity contribution in [3.63, 3.8) is 0 Å². The highest BCUT2D eigenvalue weighted by molar-refractivity contribution is 6.23. The van der Waals surface area contributed by atoms with Gasteiger partial charge in [-0.25, -0.2) is 0 Å². The van der Waals surface area contributed by atoms with E-state index < -0.39 is 0 Å². The van der Waals surface area contributed by atoms with Crippen molar-refractivity contribution in [2.24, 2.45) is 0 Å². The van der Waals surface area contributed by atoms with Crippen molar-refractivity contribution in [3.05, 3.63) is 41.0 Å². The number of Topliss-reactive ketones (excluding diaryl/α,β-unsaturated/α-hetero) is 1. The number of benzene rings is 1. The van der Waals surface area contributed by atoms with E-state index in [4.69, 9.17) is 0 Å². The molecule has 0 aliphatic heterocycles. The third-order valence-electron chi connectivity index (χ3n) is 2.83. The van der Waals surface area contributed by atoms with Gasteiger partial charge in [-0.05, 0) is 31.9 Å². The monoisotopic (exact) mass is 245 g/mol. The van der Waals surface area contributed by atoms with Crippen molar-refractivity contribution in [2.75, 3.05) is 14.1 Å². The topological polar surface area (TPSA) is 37.4 Å². The largest absolute Gasteiger partial charge is 0.345 e. The summed E-state index contributed by atoms with van der Waals surface area (Å²) >= 11 is 0. The lowest BCUT2D eigenvalue weighted by Gasteiger charge is -2.14. The van der Waals surface area contributed by atoms with E-state index in [0.717, 1.165) is 16.7 Å². The van der Waals surface area contributed by atoms with Crippen LogP contribution < -0.4 is 0 Å². The first-order valence-electron chi connectivity index (χ1n) is 5.85. The van der Waals surface area contributed by atoms with E-state index in [-0.39, 0.29) is 17.3 Å². The zero-order valence-electron chi connectivity index (χ0n) is 11.6. The molecule has 0 radical (unpaired) electrons. The minimum Gasteiger partial charge on any atom is -0.345 e. The lowest BCUT2D eigenvalue weighted by atomic mass is 9.97. The second-order valence-corrected chi connectivity index (χ2v) is 4.62. The van der Waals surface area contributed by atoms with Gasteiger partial charge >= 0.3 is 0 Å². The van der Waals surface area contributed by atoms with Crippen LogP contribution in [-0.4, -0.2) is 30.7 Å². The highest BCUT2D eigenvalue weighted by atomic mass is 16.2. The molecule has 0 N–H and O–H groups in total. The first-order valence-corrected chi connectivity index (χ1v) is 5.85. The van der Waals surface area contributed by atoms with Crippen molar-refractivity contribution in [1.82, 2.24) is 4.90 Å². The Bertz CT molecular complexity index is 496. The number of hydrogen-bond donors (Lipinski definition) is 0. The third-order valence-corrected chi connectivity index (χ3v) is 2.83. The first-order chi connectivity index (χ1) is 8.34. The summed E-state index contributed by atoms with van der Waals surface area (Å²) in [5, 5.41) is 0. The fourth-order valence-corrected chi connectivity index (χ4v) is 1.75. The summed E-state index contributed by atoms with van der Waals surface area (Å²) in [6, 6.07) is 7.79. The molecular weight excluding hydrogens is 226 g/mol. The number of aryl methyl sites for hydroxylation is 1. The smallest absolute Gasteiger partial charge is 0.257 e. The maximum Gasteiger partial charge on any atom is 0.257 e. The average Bonchev–Trinajstić information content (AvgIpc) is 2.29. The van der Waals surface area contributed by atoms with Gasteiger partial charge in [-0.1, -0.05) is 29.8 Å². The molecule has 3 nitrogen and oxygen atoms in total. The number of ketones is 1. The fraction of sp³-hybridized carbons (Fsp3) is 0.333. The number of amides is 1. The number of likely N-dealkylation sites (N-methyl/N-ethyl adjacent to an activating group) is 1. The standard InChI is InChI=1S/C15H19NO2/c1-10-6-8-13(9-7-10)11(2)14(12(3)17)15(18)16(4)5/h6-9H,1-5H3. The quantitative estimate of drug-likeness (QED) is 0.466. The zero-order chi connectivity index (χ0) is 13.9. The van der Waals surface area contributed by atoms with Gasteiger partial charge in [-0.2, -0.15) is 0 Å². The summed E-state index contributed by atoms with van der Waals surface area (Å²) in [6.45, 7) is 5.23. The molecule has 0 aromatic heterocycles. The van der Waals surface area contributed by atoms with E-state index >= 15 is 0 Å². The Morgan fingerprint density at radius 1 is 1.00 bits per heavy atom. The molecule has 1 aromatic rings. The SMILES string of the molecule is CC(=O)C(C(=O)N(C)C)=C(C)c1ccc(C)cc1. The second-order valence-electron chi connectivity index (χ2n) is 4.62. The normalized spacial score (nSPS) is 11.8. The first kappa shape index (κ1) is 14.2. The van der Waals surface area contributed by atoms with Gasteiger partial charge in [0.2, 0.25) is 0 Å². The number of allylic oxidation sites excluding steroid dienone is 1. The van der Waals surface area contributed by atoms with E-state index in [1.54, 1.807) is 14.1 Å². The minimum absolute atomic E-state index is 0.202. The molecule has 18 heavy (non-hydrogen) atoms. The molecular formula is C15H19NO2. The molecule has 0 saturated carbocycles. The molecule has 0 unspecified atom stereocenters. The van der Waals surface area contributed by atoms with Gasteiger partial charge in [0.15, 0.2) is 5.78 Å². The highest BCUT2D eigenvalue weighted by Crippen LogP contribution is 2.20. The lowest BCUT2D eigenvalue weighted by Crippen LogP contribution is -2.27. The van der Waals surface area contributed by atoms with Gasteiger partial charge in [-0.15, -0.1) is 0 Å². The minimum atomic E-state index is -0.249. The Morgan fingerprint density at radius 2 is 1.50 bits per heavy atom. The number of carbonyl (C=O) groups excluding carboxylic acids is 2. The predicted molar refractivity (Wildman–Crippen MR) is 73.1 cm³/mol. The van der Waals surface area contributed by atoms with Crippen molar-refractivity contribution < 1.29 is 9.59 Å². The van der Waals surface area contributed by atoms with Crippen LogP contribution in [0.1, 0.15) is 25.0 Å². The molecule has 96 valence electrons. The molecule has 1 rings (SSSR count). The average molecular weight is 245 g/mol. The van der Waals surface area contributed by atoms with Crippen LogP contribution in [0, 0.1) is 6.92 Å². The number of rotatable bonds is 3. The molecule has 0 fully saturated rings. The van der Waals surface area contributed by atoms with Gasteiger partial charge in [-0.3, -0.25) is 9.59 Å². The Morgan fingerprint density at radius 3 is 1.89 bits per heavy atom. The van der Waals surface area contributed by atoms with Crippen molar-refractivity contribution in [1.29, 1.82) is 0 Å². The summed E-state index contributed by atoms with van der Waals surface area (Å²) in [6.07, 6.45) is 0. The Kier molecular flexibility index (Phi) is 4.43. The summed E-state index contributed by atoms with van der Waals surface area (Å²) in [5.41, 5.74) is 3.03. The Labute approximate surface area is 108 Å². The molecule has 1 aromatic carbocycles. The van der Waals surface area contributed by atoms with Crippen LogP contribution in [0.4, 0.5) is 0 Å². The predicted octanol–water partition coefficient (Wildman–Crippen LogP) is 2.45. The molecule has 0 aliphatic carbocycles. The molecule has 0 aliphatic rings. The summed E-state index contributed by atoms with van der Waals surface area (Å²) in [7, 11) is 3.29. The van der Waals surface area contributed by atoms with Crippen LogP contribution in [0.15, 0.2) is 29.8 Å².